The van der Waals surface area contributed by atoms with Crippen molar-refractivity contribution in [2.75, 3.05) is 17.7 Å². The summed E-state index contributed by atoms with van der Waals surface area (Å²) in [5.41, 5.74) is -0.370. The van der Waals surface area contributed by atoms with Crippen LogP contribution in [0.25, 0.3) is 11.5 Å². The number of anilines is 2. The number of alkyl halides is 3. The average molecular weight is 474 g/mol. The van der Waals surface area contributed by atoms with Crippen LogP contribution in [0.3, 0.4) is 0 Å². The van der Waals surface area contributed by atoms with Crippen LogP contribution in [0.1, 0.15) is 35.5 Å². The number of aromatic nitrogens is 2. The molecule has 0 bridgehead atoms. The van der Waals surface area contributed by atoms with Crippen molar-refractivity contribution in [3.8, 4) is 11.5 Å². The molecule has 1 aliphatic rings. The highest BCUT2D eigenvalue weighted by molar-refractivity contribution is 6.04. The fourth-order valence-electron chi connectivity index (χ4n) is 3.82. The molecule has 34 heavy (non-hydrogen) atoms. The van der Waals surface area contributed by atoms with Crippen LogP contribution in [0.15, 0.2) is 53.1 Å². The smallest absolute Gasteiger partial charge is 0.452 e. The van der Waals surface area contributed by atoms with Crippen molar-refractivity contribution in [3.05, 3.63) is 60.1 Å². The first-order chi connectivity index (χ1) is 16.2. The van der Waals surface area contributed by atoms with E-state index in [1.54, 1.807) is 24.3 Å². The van der Waals surface area contributed by atoms with Crippen molar-refractivity contribution in [3.63, 3.8) is 0 Å². The second kappa shape index (κ2) is 9.54. The molecule has 1 aromatic carbocycles. The van der Waals surface area contributed by atoms with Crippen molar-refractivity contribution in [2.45, 2.75) is 31.5 Å². The Bertz CT molecular complexity index is 1160. The standard InChI is InChI=1S/C23H21F3N4O4/c1-33-22(32)14-7-8-15(11-14)28-17-10-9-16(12-27-17)29-20(31)18-19(23(24,25)26)34-21(30-18)13-5-3-2-4-6-13/h2-6,9-10,12,14-15H,7-8,11H2,1H3,(H,27,28)(H,29,31)/t14-,15-/m0/s1. The van der Waals surface area contributed by atoms with Crippen LogP contribution in [0.2, 0.25) is 0 Å². The number of amides is 1. The van der Waals surface area contributed by atoms with Gasteiger partial charge in [0.05, 0.1) is 24.9 Å². The maximum atomic E-state index is 13.5. The lowest BCUT2D eigenvalue weighted by Gasteiger charge is -2.14. The molecule has 1 saturated carbocycles. The number of esters is 1. The Morgan fingerprint density at radius 3 is 2.53 bits per heavy atom. The summed E-state index contributed by atoms with van der Waals surface area (Å²) in [6.07, 6.45) is -1.48. The Hall–Kier alpha value is -3.89. The lowest BCUT2D eigenvalue weighted by molar-refractivity contribution is -0.153. The fraction of sp³-hybridized carbons (Fsp3) is 0.304. The van der Waals surface area contributed by atoms with E-state index in [4.69, 9.17) is 9.15 Å². The molecular weight excluding hydrogens is 453 g/mol. The molecule has 11 heteroatoms. The number of hydrogen-bond donors (Lipinski definition) is 2. The van der Waals surface area contributed by atoms with Gasteiger partial charge in [0.1, 0.15) is 5.82 Å². The van der Waals surface area contributed by atoms with Crippen molar-refractivity contribution in [2.24, 2.45) is 5.92 Å². The zero-order chi connectivity index (χ0) is 24.3. The monoisotopic (exact) mass is 474 g/mol. The highest BCUT2D eigenvalue weighted by Crippen LogP contribution is 2.35. The molecule has 0 saturated heterocycles. The molecule has 2 heterocycles. The fourth-order valence-corrected chi connectivity index (χ4v) is 3.82. The molecule has 1 amide bonds. The molecule has 4 rings (SSSR count). The predicted molar refractivity (Wildman–Crippen MR) is 116 cm³/mol. The Morgan fingerprint density at radius 1 is 1.12 bits per heavy atom. The number of halogens is 3. The van der Waals surface area contributed by atoms with Gasteiger partial charge in [-0.1, -0.05) is 18.2 Å². The summed E-state index contributed by atoms with van der Waals surface area (Å²) in [5, 5.41) is 5.58. The SMILES string of the molecule is COC(=O)[C@H]1CC[C@H](Nc2ccc(NC(=O)c3nc(-c4ccccc4)oc3C(F)(F)F)cn2)C1. The minimum Gasteiger partial charge on any atom is -0.469 e. The van der Waals surface area contributed by atoms with Crippen molar-refractivity contribution in [1.82, 2.24) is 9.97 Å². The normalized spacial score (nSPS) is 17.9. The van der Waals surface area contributed by atoms with Crippen LogP contribution in [-0.4, -0.2) is 35.0 Å². The van der Waals surface area contributed by atoms with Gasteiger partial charge >= 0.3 is 12.1 Å². The van der Waals surface area contributed by atoms with Gasteiger partial charge in [-0.3, -0.25) is 9.59 Å². The number of rotatable bonds is 6. The first kappa shape index (κ1) is 23.3. The Labute approximate surface area is 192 Å². The number of nitrogens with one attached hydrogen (secondary N) is 2. The molecule has 1 aliphatic carbocycles. The molecular formula is C23H21F3N4O4. The third kappa shape index (κ3) is 5.19. The van der Waals surface area contributed by atoms with Gasteiger partial charge in [0, 0.05) is 11.6 Å². The van der Waals surface area contributed by atoms with Crippen LogP contribution in [-0.2, 0) is 15.7 Å². The number of ether oxygens (including phenoxy) is 1. The van der Waals surface area contributed by atoms with E-state index in [0.717, 1.165) is 6.42 Å². The number of carbonyl (C=O) groups is 2. The van der Waals surface area contributed by atoms with Crippen LogP contribution in [0.5, 0.6) is 0 Å². The van der Waals surface area contributed by atoms with Crippen LogP contribution < -0.4 is 10.6 Å². The summed E-state index contributed by atoms with van der Waals surface area (Å²) in [6.45, 7) is 0. The number of pyridine rings is 1. The number of oxazole rings is 1. The topological polar surface area (TPSA) is 106 Å². The lowest BCUT2D eigenvalue weighted by Crippen LogP contribution is -2.20. The van der Waals surface area contributed by atoms with Gasteiger partial charge < -0.3 is 19.8 Å². The van der Waals surface area contributed by atoms with E-state index in [1.807, 2.05) is 0 Å². The highest BCUT2D eigenvalue weighted by Gasteiger charge is 2.42. The molecule has 0 spiro atoms. The summed E-state index contributed by atoms with van der Waals surface area (Å²) in [4.78, 5) is 32.2. The number of nitrogens with zero attached hydrogens (tertiary/aromatic N) is 2. The van der Waals surface area contributed by atoms with E-state index in [-0.39, 0.29) is 29.5 Å². The third-order valence-corrected chi connectivity index (χ3v) is 5.46. The Balaban J connectivity index is 1.45. The second-order valence-electron chi connectivity index (χ2n) is 7.82. The largest absolute Gasteiger partial charge is 0.469 e. The highest BCUT2D eigenvalue weighted by atomic mass is 19.4. The Kier molecular flexibility index (Phi) is 6.53. The summed E-state index contributed by atoms with van der Waals surface area (Å²) in [6, 6.07) is 11.1. The minimum atomic E-state index is -4.90. The Morgan fingerprint density at radius 2 is 1.88 bits per heavy atom. The molecule has 0 aliphatic heterocycles. The summed E-state index contributed by atoms with van der Waals surface area (Å²) >= 11 is 0. The number of benzene rings is 1. The summed E-state index contributed by atoms with van der Waals surface area (Å²) in [5.74, 6) is -2.74. The van der Waals surface area contributed by atoms with E-state index < -0.39 is 23.5 Å². The van der Waals surface area contributed by atoms with Gasteiger partial charge in [-0.05, 0) is 43.5 Å². The van der Waals surface area contributed by atoms with E-state index in [1.165, 1.54) is 31.5 Å². The molecule has 0 unspecified atom stereocenters. The van der Waals surface area contributed by atoms with Crippen molar-refractivity contribution >= 4 is 23.4 Å². The van der Waals surface area contributed by atoms with E-state index in [9.17, 15) is 22.8 Å². The lowest BCUT2D eigenvalue weighted by atomic mass is 10.1. The molecule has 3 aromatic rings. The average Bonchev–Trinajstić information content (AvgIpc) is 3.48. The molecule has 178 valence electrons. The zero-order valence-corrected chi connectivity index (χ0v) is 18.1. The van der Waals surface area contributed by atoms with Crippen molar-refractivity contribution in [1.29, 1.82) is 0 Å². The minimum absolute atomic E-state index is 0.0397. The molecule has 0 radical (unpaired) electrons. The molecule has 2 atom stereocenters. The van der Waals surface area contributed by atoms with E-state index >= 15 is 0 Å². The van der Waals surface area contributed by atoms with Gasteiger partial charge in [-0.2, -0.15) is 13.2 Å². The number of hydrogen-bond acceptors (Lipinski definition) is 7. The summed E-state index contributed by atoms with van der Waals surface area (Å²) < 4.78 is 50.0. The van der Waals surface area contributed by atoms with Gasteiger partial charge in [0.15, 0.2) is 5.69 Å². The second-order valence-corrected chi connectivity index (χ2v) is 7.82. The van der Waals surface area contributed by atoms with E-state index in [0.29, 0.717) is 24.2 Å². The first-order valence-electron chi connectivity index (χ1n) is 10.5. The maximum absolute atomic E-state index is 13.5. The van der Waals surface area contributed by atoms with Gasteiger partial charge in [-0.15, -0.1) is 0 Å². The number of methoxy groups -OCH3 is 1. The van der Waals surface area contributed by atoms with Crippen LogP contribution >= 0.6 is 0 Å². The first-order valence-corrected chi connectivity index (χ1v) is 10.5. The van der Waals surface area contributed by atoms with Crippen LogP contribution in [0, 0.1) is 5.92 Å². The quantitative estimate of drug-likeness (QED) is 0.496. The van der Waals surface area contributed by atoms with Crippen molar-refractivity contribution < 1.29 is 31.9 Å². The van der Waals surface area contributed by atoms with Gasteiger partial charge in [0.2, 0.25) is 11.7 Å². The molecule has 2 N–H and O–H groups in total. The number of carbonyl (C=O) groups excluding carboxylic acids is 2. The third-order valence-electron chi connectivity index (χ3n) is 5.46. The van der Waals surface area contributed by atoms with Gasteiger partial charge in [-0.25, -0.2) is 9.97 Å². The molecule has 1 fully saturated rings. The van der Waals surface area contributed by atoms with Crippen LogP contribution in [0.4, 0.5) is 24.7 Å². The molecule has 8 nitrogen and oxygen atoms in total. The molecule has 2 aromatic heterocycles. The summed E-state index contributed by atoms with van der Waals surface area (Å²) in [7, 11) is 1.36. The maximum Gasteiger partial charge on any atom is 0.452 e. The van der Waals surface area contributed by atoms with E-state index in [2.05, 4.69) is 20.6 Å². The van der Waals surface area contributed by atoms with Gasteiger partial charge in [0.25, 0.3) is 5.91 Å². The predicted octanol–water partition coefficient (Wildman–Crippen LogP) is 4.76. The zero-order valence-electron chi connectivity index (χ0n) is 18.1.